The zero-order chi connectivity index (χ0) is 20.4. The quantitative estimate of drug-likeness (QED) is 0.492. The van der Waals surface area contributed by atoms with E-state index in [1.807, 2.05) is 13.8 Å². The molecule has 0 atom stereocenters. The summed E-state index contributed by atoms with van der Waals surface area (Å²) in [6.45, 7) is 5.33. The molecule has 0 radical (unpaired) electrons. The van der Waals surface area contributed by atoms with Crippen molar-refractivity contribution in [2.45, 2.75) is 25.9 Å². The summed E-state index contributed by atoms with van der Waals surface area (Å²) in [5, 5.41) is 6.62. The highest BCUT2D eigenvalue weighted by molar-refractivity contribution is 7.99. The molecule has 0 aliphatic heterocycles. The van der Waals surface area contributed by atoms with Gasteiger partial charge in [-0.05, 0) is 43.7 Å². The van der Waals surface area contributed by atoms with Crippen molar-refractivity contribution < 1.29 is 9.59 Å². The van der Waals surface area contributed by atoms with Gasteiger partial charge in [0.15, 0.2) is 5.16 Å². The molecule has 2 N–H and O–H groups in total. The number of hydrogen-bond donors (Lipinski definition) is 2. The van der Waals surface area contributed by atoms with Gasteiger partial charge >= 0.3 is 0 Å². The molecule has 0 fully saturated rings. The van der Waals surface area contributed by atoms with E-state index >= 15 is 0 Å². The highest BCUT2D eigenvalue weighted by atomic mass is 32.2. The van der Waals surface area contributed by atoms with Crippen LogP contribution in [0.2, 0.25) is 0 Å². The lowest BCUT2D eigenvalue weighted by Crippen LogP contribution is -2.21. The minimum Gasteiger partial charge on any atom is -0.326 e. The number of nitrogens with zero attached hydrogens (tertiary/aromatic N) is 2. The maximum atomic E-state index is 12.6. The Morgan fingerprint density at radius 1 is 1.14 bits per heavy atom. The molecule has 1 aromatic carbocycles. The largest absolute Gasteiger partial charge is 0.326 e. The second kappa shape index (κ2) is 8.15. The average Bonchev–Trinajstić information content (AvgIpc) is 2.92. The highest BCUT2D eigenvalue weighted by Gasteiger charge is 2.15. The molecule has 146 valence electrons. The topological polar surface area (TPSA) is 93.1 Å². The third kappa shape index (κ3) is 4.26. The maximum Gasteiger partial charge on any atom is 0.262 e. The lowest BCUT2D eigenvalue weighted by atomic mass is 10.2. The number of nitrogens with one attached hydrogen (secondary N) is 2. The lowest BCUT2D eigenvalue weighted by Gasteiger charge is -2.09. The molecule has 7 nitrogen and oxygen atoms in total. The number of fused-ring (bicyclic) bond motifs is 1. The maximum absolute atomic E-state index is 12.6. The molecule has 0 aliphatic rings. The van der Waals surface area contributed by atoms with E-state index in [0.29, 0.717) is 26.7 Å². The normalized spacial score (nSPS) is 10.9. The predicted octanol–water partition coefficient (Wildman–Crippen LogP) is 3.30. The predicted molar refractivity (Wildman–Crippen MR) is 114 cm³/mol. The van der Waals surface area contributed by atoms with Gasteiger partial charge in [0.25, 0.3) is 5.56 Å². The van der Waals surface area contributed by atoms with Crippen molar-refractivity contribution in [1.29, 1.82) is 0 Å². The number of hydrogen-bond acceptors (Lipinski definition) is 6. The smallest absolute Gasteiger partial charge is 0.262 e. The number of amides is 2. The summed E-state index contributed by atoms with van der Waals surface area (Å²) in [6, 6.07) is 6.85. The Labute approximate surface area is 170 Å². The lowest BCUT2D eigenvalue weighted by molar-refractivity contribution is -0.114. The summed E-state index contributed by atoms with van der Waals surface area (Å²) in [4.78, 5) is 42.2. The summed E-state index contributed by atoms with van der Waals surface area (Å²) >= 11 is 2.71. The van der Waals surface area contributed by atoms with Gasteiger partial charge in [-0.1, -0.05) is 11.8 Å². The molecule has 2 amide bonds. The number of aromatic nitrogens is 2. The molecule has 0 saturated heterocycles. The van der Waals surface area contributed by atoms with Crippen LogP contribution in [0.25, 0.3) is 10.2 Å². The Morgan fingerprint density at radius 3 is 2.36 bits per heavy atom. The van der Waals surface area contributed by atoms with E-state index < -0.39 is 0 Å². The van der Waals surface area contributed by atoms with Crippen LogP contribution in [0.3, 0.4) is 0 Å². The van der Waals surface area contributed by atoms with Gasteiger partial charge in [-0.15, -0.1) is 11.3 Å². The number of anilines is 2. The highest BCUT2D eigenvalue weighted by Crippen LogP contribution is 2.28. The fourth-order valence-electron chi connectivity index (χ4n) is 2.65. The Balaban J connectivity index is 1.68. The number of carbonyl (C=O) groups excluding carboxylic acids is 2. The van der Waals surface area contributed by atoms with Crippen LogP contribution < -0.4 is 16.2 Å². The minimum absolute atomic E-state index is 0.0941. The van der Waals surface area contributed by atoms with Gasteiger partial charge in [0, 0.05) is 30.2 Å². The van der Waals surface area contributed by atoms with Gasteiger partial charge in [-0.3, -0.25) is 19.0 Å². The summed E-state index contributed by atoms with van der Waals surface area (Å²) in [5.41, 5.74) is 2.16. The van der Waals surface area contributed by atoms with Crippen LogP contribution in [0.5, 0.6) is 0 Å². The van der Waals surface area contributed by atoms with Gasteiger partial charge in [0.2, 0.25) is 11.8 Å². The zero-order valence-electron chi connectivity index (χ0n) is 16.0. The van der Waals surface area contributed by atoms with Gasteiger partial charge in [-0.25, -0.2) is 4.98 Å². The molecule has 0 spiro atoms. The minimum atomic E-state index is -0.204. The number of thioether (sulfide) groups is 1. The van der Waals surface area contributed by atoms with Gasteiger partial charge in [-0.2, -0.15) is 0 Å². The van der Waals surface area contributed by atoms with Crippen LogP contribution in [0.4, 0.5) is 11.4 Å². The SMILES string of the molecule is CC(=O)Nc1ccc(NC(=O)CSc2nc3sc(C)c(C)c3c(=O)n2C)cc1. The summed E-state index contributed by atoms with van der Waals surface area (Å²) in [5.74, 6) is -0.229. The first-order valence-corrected chi connectivity index (χ1v) is 10.3. The molecule has 2 heterocycles. The Kier molecular flexibility index (Phi) is 5.85. The molecular weight excluding hydrogens is 396 g/mol. The van der Waals surface area contributed by atoms with Crippen LogP contribution in [0.15, 0.2) is 34.2 Å². The van der Waals surface area contributed by atoms with E-state index in [9.17, 15) is 14.4 Å². The summed E-state index contributed by atoms with van der Waals surface area (Å²) in [7, 11) is 1.67. The molecule has 3 rings (SSSR count). The second-order valence-corrected chi connectivity index (χ2v) is 8.46. The van der Waals surface area contributed by atoms with Crippen molar-refractivity contribution >= 4 is 56.5 Å². The fourth-order valence-corrected chi connectivity index (χ4v) is 4.49. The van der Waals surface area contributed by atoms with E-state index in [1.54, 1.807) is 31.3 Å². The number of rotatable bonds is 5. The van der Waals surface area contributed by atoms with E-state index in [2.05, 4.69) is 15.6 Å². The van der Waals surface area contributed by atoms with Crippen molar-refractivity contribution in [1.82, 2.24) is 9.55 Å². The first kappa shape index (κ1) is 20.1. The third-order valence-corrected chi connectivity index (χ3v) is 6.32. The third-order valence-electron chi connectivity index (χ3n) is 4.19. The van der Waals surface area contributed by atoms with E-state index in [0.717, 1.165) is 10.4 Å². The van der Waals surface area contributed by atoms with Crippen LogP contribution in [-0.2, 0) is 16.6 Å². The van der Waals surface area contributed by atoms with Crippen LogP contribution in [-0.4, -0.2) is 27.1 Å². The van der Waals surface area contributed by atoms with Crippen molar-refractivity contribution in [2.75, 3.05) is 16.4 Å². The molecule has 9 heteroatoms. The van der Waals surface area contributed by atoms with Crippen molar-refractivity contribution in [3.05, 3.63) is 45.1 Å². The van der Waals surface area contributed by atoms with Crippen molar-refractivity contribution in [3.63, 3.8) is 0 Å². The van der Waals surface area contributed by atoms with E-state index in [1.165, 1.54) is 34.6 Å². The van der Waals surface area contributed by atoms with Crippen molar-refractivity contribution in [3.8, 4) is 0 Å². The summed E-state index contributed by atoms with van der Waals surface area (Å²) < 4.78 is 1.49. The van der Waals surface area contributed by atoms with E-state index in [4.69, 9.17) is 0 Å². The number of benzene rings is 1. The molecule has 0 unspecified atom stereocenters. The summed E-state index contributed by atoms with van der Waals surface area (Å²) in [6.07, 6.45) is 0. The first-order chi connectivity index (χ1) is 13.3. The zero-order valence-corrected chi connectivity index (χ0v) is 17.6. The molecular formula is C19H20N4O3S2. The Morgan fingerprint density at radius 2 is 1.75 bits per heavy atom. The monoisotopic (exact) mass is 416 g/mol. The Hall–Kier alpha value is -2.65. The van der Waals surface area contributed by atoms with Crippen LogP contribution in [0, 0.1) is 13.8 Å². The molecule has 0 bridgehead atoms. The number of carbonyl (C=O) groups is 2. The van der Waals surface area contributed by atoms with Gasteiger partial charge < -0.3 is 10.6 Å². The van der Waals surface area contributed by atoms with Crippen molar-refractivity contribution in [2.24, 2.45) is 7.05 Å². The average molecular weight is 417 g/mol. The van der Waals surface area contributed by atoms with E-state index in [-0.39, 0.29) is 23.1 Å². The molecule has 2 aromatic heterocycles. The Bertz CT molecular complexity index is 1120. The van der Waals surface area contributed by atoms with Gasteiger partial charge in [0.05, 0.1) is 11.1 Å². The fraction of sp³-hybridized carbons (Fsp3) is 0.263. The van der Waals surface area contributed by atoms with Gasteiger partial charge in [0.1, 0.15) is 4.83 Å². The molecule has 28 heavy (non-hydrogen) atoms. The van der Waals surface area contributed by atoms with Crippen LogP contribution >= 0.6 is 23.1 Å². The molecule has 3 aromatic rings. The number of thiophene rings is 1. The van der Waals surface area contributed by atoms with Crippen LogP contribution in [0.1, 0.15) is 17.4 Å². The molecule has 0 saturated carbocycles. The second-order valence-electron chi connectivity index (χ2n) is 6.32. The number of aryl methyl sites for hydroxylation is 2. The first-order valence-electron chi connectivity index (χ1n) is 8.53. The molecule has 0 aliphatic carbocycles. The standard InChI is InChI=1S/C19H20N4O3S2/c1-10-11(2)28-17-16(10)18(26)23(4)19(22-17)27-9-15(25)21-14-7-5-13(6-8-14)20-12(3)24/h5-8H,9H2,1-4H3,(H,20,24)(H,21,25).